The van der Waals surface area contributed by atoms with Gasteiger partial charge >= 0.3 is 0 Å². The monoisotopic (exact) mass is 242 g/mol. The van der Waals surface area contributed by atoms with Gasteiger partial charge in [0.2, 0.25) is 0 Å². The second-order valence-corrected chi connectivity index (χ2v) is 4.69. The van der Waals surface area contributed by atoms with Crippen molar-refractivity contribution in [2.75, 3.05) is 11.5 Å². The summed E-state index contributed by atoms with van der Waals surface area (Å²) in [6, 6.07) is 11.9. The third-order valence-corrected chi connectivity index (χ3v) is 3.06. The van der Waals surface area contributed by atoms with Crippen LogP contribution in [0.3, 0.4) is 0 Å². The first-order valence-electron chi connectivity index (χ1n) is 6.05. The van der Waals surface area contributed by atoms with E-state index in [9.17, 15) is 0 Å². The van der Waals surface area contributed by atoms with E-state index in [4.69, 9.17) is 11.5 Å². The van der Waals surface area contributed by atoms with Crippen LogP contribution in [0.15, 0.2) is 36.4 Å². The van der Waals surface area contributed by atoms with Gasteiger partial charge in [0.05, 0.1) is 0 Å². The Bertz CT molecular complexity index is 481. The average molecular weight is 242 g/mol. The van der Waals surface area contributed by atoms with E-state index in [2.05, 4.69) is 27.7 Å². The molecular formula is C16H22N2. The first kappa shape index (κ1) is 14.1. The van der Waals surface area contributed by atoms with Crippen molar-refractivity contribution in [2.45, 2.75) is 27.7 Å². The summed E-state index contributed by atoms with van der Waals surface area (Å²) in [7, 11) is 0. The van der Waals surface area contributed by atoms with E-state index < -0.39 is 0 Å². The molecule has 18 heavy (non-hydrogen) atoms. The molecule has 96 valence electrons. The van der Waals surface area contributed by atoms with Gasteiger partial charge in [-0.3, -0.25) is 0 Å². The fraction of sp³-hybridized carbons (Fsp3) is 0.250. The van der Waals surface area contributed by atoms with Gasteiger partial charge < -0.3 is 11.5 Å². The number of aryl methyl sites for hydroxylation is 4. The van der Waals surface area contributed by atoms with Crippen molar-refractivity contribution in [3.05, 3.63) is 58.7 Å². The molecule has 0 fully saturated rings. The SMILES string of the molecule is Cc1ccc(N)cc1C.Cc1ccc(N)cc1C. The Kier molecular flexibility index (Phi) is 4.78. The molecule has 0 aliphatic carbocycles. The molecule has 0 saturated heterocycles. The molecule has 2 rings (SSSR count). The third-order valence-electron chi connectivity index (χ3n) is 3.06. The maximum Gasteiger partial charge on any atom is 0.0316 e. The number of anilines is 2. The second-order valence-electron chi connectivity index (χ2n) is 4.69. The number of hydrogen-bond acceptors (Lipinski definition) is 2. The van der Waals surface area contributed by atoms with E-state index in [-0.39, 0.29) is 0 Å². The Labute approximate surface area is 110 Å². The van der Waals surface area contributed by atoms with Crippen LogP contribution in [0.25, 0.3) is 0 Å². The fourth-order valence-electron chi connectivity index (χ4n) is 1.53. The van der Waals surface area contributed by atoms with Crippen LogP contribution in [0, 0.1) is 27.7 Å². The van der Waals surface area contributed by atoms with Crippen LogP contribution in [-0.4, -0.2) is 0 Å². The molecule has 2 heteroatoms. The van der Waals surface area contributed by atoms with Crippen molar-refractivity contribution >= 4 is 11.4 Å². The Morgan fingerprint density at radius 2 is 0.889 bits per heavy atom. The first-order chi connectivity index (χ1) is 8.40. The summed E-state index contributed by atoms with van der Waals surface area (Å²) >= 11 is 0. The zero-order valence-electron chi connectivity index (χ0n) is 11.6. The zero-order valence-corrected chi connectivity index (χ0v) is 11.6. The van der Waals surface area contributed by atoms with Gasteiger partial charge in [0.25, 0.3) is 0 Å². The molecular weight excluding hydrogens is 220 g/mol. The van der Waals surface area contributed by atoms with Crippen LogP contribution >= 0.6 is 0 Å². The largest absolute Gasteiger partial charge is 0.399 e. The van der Waals surface area contributed by atoms with Gasteiger partial charge in [-0.2, -0.15) is 0 Å². The van der Waals surface area contributed by atoms with Crippen molar-refractivity contribution in [1.82, 2.24) is 0 Å². The number of hydrogen-bond donors (Lipinski definition) is 2. The predicted molar refractivity (Wildman–Crippen MR) is 80.7 cm³/mol. The molecule has 0 saturated carbocycles. The van der Waals surface area contributed by atoms with Gasteiger partial charge in [0.15, 0.2) is 0 Å². The molecule has 0 spiro atoms. The lowest BCUT2D eigenvalue weighted by Crippen LogP contribution is -1.86. The van der Waals surface area contributed by atoms with E-state index in [0.717, 1.165) is 11.4 Å². The van der Waals surface area contributed by atoms with Crippen LogP contribution in [-0.2, 0) is 0 Å². The van der Waals surface area contributed by atoms with E-state index in [1.54, 1.807) is 0 Å². The minimum atomic E-state index is 0.845. The maximum atomic E-state index is 5.53. The molecule has 0 bridgehead atoms. The Hall–Kier alpha value is -1.96. The number of nitrogens with two attached hydrogens (primary N) is 2. The summed E-state index contributed by atoms with van der Waals surface area (Å²) in [6.45, 7) is 8.28. The van der Waals surface area contributed by atoms with Crippen LogP contribution in [0.4, 0.5) is 11.4 Å². The second kappa shape index (κ2) is 6.10. The highest BCUT2D eigenvalue weighted by molar-refractivity contribution is 5.44. The number of rotatable bonds is 0. The Morgan fingerprint density at radius 3 is 1.11 bits per heavy atom. The molecule has 0 unspecified atom stereocenters. The molecule has 0 aliphatic rings. The minimum absolute atomic E-state index is 0.845. The first-order valence-corrected chi connectivity index (χ1v) is 6.05. The standard InChI is InChI=1S/2C8H11N/c2*1-6-3-4-8(9)5-7(6)2/h2*3-5H,9H2,1-2H3. The molecule has 0 aliphatic heterocycles. The van der Waals surface area contributed by atoms with Gasteiger partial charge in [-0.15, -0.1) is 0 Å². The van der Waals surface area contributed by atoms with E-state index >= 15 is 0 Å². The Balaban J connectivity index is 0.000000180. The molecule has 0 atom stereocenters. The van der Waals surface area contributed by atoms with E-state index in [0.29, 0.717) is 0 Å². The third kappa shape index (κ3) is 4.13. The molecule has 0 aromatic heterocycles. The molecule has 2 aromatic carbocycles. The number of benzene rings is 2. The van der Waals surface area contributed by atoms with Crippen LogP contribution in [0.1, 0.15) is 22.3 Å². The van der Waals surface area contributed by atoms with Crippen molar-refractivity contribution in [3.8, 4) is 0 Å². The number of nitrogen functional groups attached to an aromatic ring is 2. The summed E-state index contributed by atoms with van der Waals surface area (Å²) in [6.07, 6.45) is 0. The fourth-order valence-corrected chi connectivity index (χ4v) is 1.53. The lowest BCUT2D eigenvalue weighted by molar-refractivity contribution is 1.34. The summed E-state index contributed by atoms with van der Waals surface area (Å²) in [5.41, 5.74) is 17.9. The van der Waals surface area contributed by atoms with Gasteiger partial charge in [-0.05, 0) is 74.2 Å². The molecule has 2 nitrogen and oxygen atoms in total. The zero-order chi connectivity index (χ0) is 13.7. The van der Waals surface area contributed by atoms with Gasteiger partial charge in [-0.25, -0.2) is 0 Å². The van der Waals surface area contributed by atoms with Gasteiger partial charge in [-0.1, -0.05) is 12.1 Å². The van der Waals surface area contributed by atoms with Crippen LogP contribution < -0.4 is 11.5 Å². The highest BCUT2D eigenvalue weighted by Crippen LogP contribution is 2.10. The predicted octanol–water partition coefficient (Wildman–Crippen LogP) is 3.77. The highest BCUT2D eigenvalue weighted by Gasteiger charge is 1.90. The molecule has 0 heterocycles. The average Bonchev–Trinajstić information content (AvgIpc) is 2.30. The lowest BCUT2D eigenvalue weighted by Gasteiger charge is -1.98. The van der Waals surface area contributed by atoms with E-state index in [1.807, 2.05) is 36.4 Å². The van der Waals surface area contributed by atoms with Crippen molar-refractivity contribution in [2.24, 2.45) is 0 Å². The molecule has 0 amide bonds. The highest BCUT2D eigenvalue weighted by atomic mass is 14.5. The quantitative estimate of drug-likeness (QED) is 0.691. The summed E-state index contributed by atoms with van der Waals surface area (Å²) in [5.74, 6) is 0. The molecule has 4 N–H and O–H groups in total. The van der Waals surface area contributed by atoms with Gasteiger partial charge in [0, 0.05) is 11.4 Å². The molecule has 2 aromatic rings. The van der Waals surface area contributed by atoms with E-state index in [1.165, 1.54) is 22.3 Å². The van der Waals surface area contributed by atoms with Crippen LogP contribution in [0.2, 0.25) is 0 Å². The van der Waals surface area contributed by atoms with Crippen molar-refractivity contribution in [3.63, 3.8) is 0 Å². The van der Waals surface area contributed by atoms with Crippen LogP contribution in [0.5, 0.6) is 0 Å². The lowest BCUT2D eigenvalue weighted by atomic mass is 10.1. The normalized spacial score (nSPS) is 9.56. The van der Waals surface area contributed by atoms with Crippen molar-refractivity contribution < 1.29 is 0 Å². The minimum Gasteiger partial charge on any atom is -0.399 e. The van der Waals surface area contributed by atoms with Gasteiger partial charge in [0.1, 0.15) is 0 Å². The Morgan fingerprint density at radius 1 is 0.556 bits per heavy atom. The molecule has 0 radical (unpaired) electrons. The smallest absolute Gasteiger partial charge is 0.0316 e. The van der Waals surface area contributed by atoms with Crippen molar-refractivity contribution in [1.29, 1.82) is 0 Å². The maximum absolute atomic E-state index is 5.53. The summed E-state index contributed by atoms with van der Waals surface area (Å²) in [5, 5.41) is 0. The summed E-state index contributed by atoms with van der Waals surface area (Å²) < 4.78 is 0. The summed E-state index contributed by atoms with van der Waals surface area (Å²) in [4.78, 5) is 0. The topological polar surface area (TPSA) is 52.0 Å².